The van der Waals surface area contributed by atoms with Crippen LogP contribution in [0.2, 0.25) is 5.02 Å². The lowest BCUT2D eigenvalue weighted by molar-refractivity contribution is -0.127. The van der Waals surface area contributed by atoms with E-state index in [-0.39, 0.29) is 5.91 Å². The molecule has 0 saturated heterocycles. The van der Waals surface area contributed by atoms with Gasteiger partial charge >= 0.3 is 0 Å². The monoisotopic (exact) mass is 344 g/mol. The number of carbonyl (C=O) groups excluding carboxylic acids is 1. The highest BCUT2D eigenvalue weighted by Crippen LogP contribution is 2.16. The third-order valence-corrected chi connectivity index (χ3v) is 3.78. The predicted molar refractivity (Wildman–Crippen MR) is 91.2 cm³/mol. The maximum atomic E-state index is 12.1. The molecule has 0 bridgehead atoms. The van der Waals surface area contributed by atoms with Gasteiger partial charge in [0.2, 0.25) is 0 Å². The average molecular weight is 345 g/mol. The summed E-state index contributed by atoms with van der Waals surface area (Å²) in [7, 11) is 0. The number of aromatic nitrogens is 3. The Hall–Kier alpha value is -2.60. The number of hydrogen-bond acceptors (Lipinski definition) is 4. The van der Waals surface area contributed by atoms with Gasteiger partial charge in [-0.1, -0.05) is 17.7 Å². The fourth-order valence-corrected chi connectivity index (χ4v) is 2.40. The summed E-state index contributed by atoms with van der Waals surface area (Å²) in [6.45, 7) is 2.17. The summed E-state index contributed by atoms with van der Waals surface area (Å²) in [5.74, 6) is 1.22. The van der Waals surface area contributed by atoms with E-state index in [1.165, 1.54) is 0 Å². The van der Waals surface area contributed by atoms with Crippen LogP contribution in [0.5, 0.6) is 5.75 Å². The molecule has 0 spiro atoms. The summed E-state index contributed by atoms with van der Waals surface area (Å²) in [5.41, 5.74) is 0.790. The van der Waals surface area contributed by atoms with E-state index in [4.69, 9.17) is 16.3 Å². The van der Waals surface area contributed by atoms with Crippen molar-refractivity contribution >= 4 is 23.2 Å². The summed E-state index contributed by atoms with van der Waals surface area (Å²) >= 11 is 5.82. The maximum absolute atomic E-state index is 12.1. The Morgan fingerprint density at radius 3 is 2.83 bits per heavy atom. The van der Waals surface area contributed by atoms with Crippen molar-refractivity contribution in [2.75, 3.05) is 6.54 Å². The largest absolute Gasteiger partial charge is 0.481 e. The van der Waals surface area contributed by atoms with E-state index in [0.717, 1.165) is 11.5 Å². The number of fused-ring (bicyclic) bond motifs is 1. The van der Waals surface area contributed by atoms with Gasteiger partial charge in [-0.25, -0.2) is 0 Å². The lowest BCUT2D eigenvalue weighted by Crippen LogP contribution is -2.37. The molecular weight excluding hydrogens is 328 g/mol. The lowest BCUT2D eigenvalue weighted by atomic mass is 10.3. The molecule has 1 aromatic carbocycles. The van der Waals surface area contributed by atoms with E-state index in [0.29, 0.717) is 23.7 Å². The number of nitrogens with one attached hydrogen (secondary N) is 1. The molecule has 1 unspecified atom stereocenters. The van der Waals surface area contributed by atoms with Gasteiger partial charge < -0.3 is 10.1 Å². The molecule has 1 atom stereocenters. The third-order valence-electron chi connectivity index (χ3n) is 3.53. The van der Waals surface area contributed by atoms with Gasteiger partial charge in [0.05, 0.1) is 0 Å². The summed E-state index contributed by atoms with van der Waals surface area (Å²) in [6.07, 6.45) is 1.89. The van der Waals surface area contributed by atoms with Crippen molar-refractivity contribution in [1.82, 2.24) is 19.9 Å². The van der Waals surface area contributed by atoms with E-state index < -0.39 is 6.10 Å². The van der Waals surface area contributed by atoms with Crippen molar-refractivity contribution in [3.05, 3.63) is 59.5 Å². The van der Waals surface area contributed by atoms with Crippen LogP contribution in [-0.4, -0.2) is 33.2 Å². The van der Waals surface area contributed by atoms with Gasteiger partial charge in [-0.05, 0) is 43.3 Å². The molecule has 1 N–H and O–H groups in total. The Morgan fingerprint density at radius 1 is 1.25 bits per heavy atom. The quantitative estimate of drug-likeness (QED) is 0.746. The number of nitrogens with zero attached hydrogens (tertiary/aromatic N) is 3. The molecule has 0 saturated carbocycles. The van der Waals surface area contributed by atoms with Gasteiger partial charge in [-0.2, -0.15) is 0 Å². The molecule has 2 aromatic heterocycles. The second-order valence-corrected chi connectivity index (χ2v) is 5.74. The number of benzene rings is 1. The molecule has 6 nitrogen and oxygen atoms in total. The zero-order chi connectivity index (χ0) is 16.9. The highest BCUT2D eigenvalue weighted by atomic mass is 35.5. The number of ether oxygens (including phenoxy) is 1. The maximum Gasteiger partial charge on any atom is 0.260 e. The number of carbonyl (C=O) groups is 1. The molecule has 124 valence electrons. The molecule has 0 fully saturated rings. The zero-order valence-corrected chi connectivity index (χ0v) is 13.9. The first-order valence-corrected chi connectivity index (χ1v) is 8.00. The molecule has 1 amide bonds. The Bertz CT molecular complexity index is 832. The van der Waals surface area contributed by atoms with E-state index in [2.05, 4.69) is 15.5 Å². The van der Waals surface area contributed by atoms with Crippen LogP contribution in [0.15, 0.2) is 48.7 Å². The van der Waals surface area contributed by atoms with Crippen LogP contribution < -0.4 is 10.1 Å². The molecule has 0 aliphatic heterocycles. The SMILES string of the molecule is CC(Oc1ccc(Cl)cc1)C(=O)NCCc1nnc2ccccn12. The Morgan fingerprint density at radius 2 is 2.04 bits per heavy atom. The zero-order valence-electron chi connectivity index (χ0n) is 13.1. The van der Waals surface area contributed by atoms with Gasteiger partial charge in [0.1, 0.15) is 11.6 Å². The van der Waals surface area contributed by atoms with Crippen molar-refractivity contribution in [3.63, 3.8) is 0 Å². The molecular formula is C17H17ClN4O2. The van der Waals surface area contributed by atoms with Crippen molar-refractivity contribution in [2.24, 2.45) is 0 Å². The summed E-state index contributed by atoms with van der Waals surface area (Å²) in [4.78, 5) is 12.1. The molecule has 0 aliphatic rings. The van der Waals surface area contributed by atoms with Gasteiger partial charge in [0, 0.05) is 24.2 Å². The Balaban J connectivity index is 1.50. The first kappa shape index (κ1) is 16.3. The Kier molecular flexibility index (Phi) is 4.96. The molecule has 3 rings (SSSR count). The minimum atomic E-state index is -0.596. The first-order valence-electron chi connectivity index (χ1n) is 7.62. The van der Waals surface area contributed by atoms with Crippen molar-refractivity contribution in [1.29, 1.82) is 0 Å². The van der Waals surface area contributed by atoms with E-state index in [1.54, 1.807) is 31.2 Å². The topological polar surface area (TPSA) is 68.5 Å². The average Bonchev–Trinajstić information content (AvgIpc) is 3.00. The molecule has 0 radical (unpaired) electrons. The number of halogens is 1. The third kappa shape index (κ3) is 3.83. The van der Waals surface area contributed by atoms with Crippen LogP contribution >= 0.6 is 11.6 Å². The molecule has 2 heterocycles. The highest BCUT2D eigenvalue weighted by molar-refractivity contribution is 6.30. The van der Waals surface area contributed by atoms with Crippen LogP contribution in [0.25, 0.3) is 5.65 Å². The van der Waals surface area contributed by atoms with Crippen LogP contribution in [0.4, 0.5) is 0 Å². The fraction of sp³-hybridized carbons (Fsp3) is 0.235. The highest BCUT2D eigenvalue weighted by Gasteiger charge is 2.14. The molecule has 24 heavy (non-hydrogen) atoms. The van der Waals surface area contributed by atoms with Gasteiger partial charge in [-0.3, -0.25) is 9.20 Å². The minimum Gasteiger partial charge on any atom is -0.481 e. The number of hydrogen-bond donors (Lipinski definition) is 1. The molecule has 7 heteroatoms. The standard InChI is InChI=1S/C17H17ClN4O2/c1-12(24-14-7-5-13(18)6-8-14)17(23)19-10-9-16-21-20-15-4-2-3-11-22(15)16/h2-8,11-12H,9-10H2,1H3,(H,19,23). The number of amides is 1. The van der Waals surface area contributed by atoms with Gasteiger partial charge in [0.15, 0.2) is 11.8 Å². The smallest absolute Gasteiger partial charge is 0.260 e. The lowest BCUT2D eigenvalue weighted by Gasteiger charge is -2.14. The van der Waals surface area contributed by atoms with Crippen LogP contribution in [-0.2, 0) is 11.2 Å². The van der Waals surface area contributed by atoms with E-state index in [9.17, 15) is 4.79 Å². The number of pyridine rings is 1. The second kappa shape index (κ2) is 7.31. The summed E-state index contributed by atoms with van der Waals surface area (Å²) in [6, 6.07) is 12.6. The summed E-state index contributed by atoms with van der Waals surface area (Å²) in [5, 5.41) is 11.7. The summed E-state index contributed by atoms with van der Waals surface area (Å²) < 4.78 is 7.49. The fourth-order valence-electron chi connectivity index (χ4n) is 2.27. The second-order valence-electron chi connectivity index (χ2n) is 5.30. The molecule has 3 aromatic rings. The van der Waals surface area contributed by atoms with Crippen molar-refractivity contribution in [3.8, 4) is 5.75 Å². The number of rotatable bonds is 6. The van der Waals surface area contributed by atoms with Crippen molar-refractivity contribution in [2.45, 2.75) is 19.4 Å². The van der Waals surface area contributed by atoms with Crippen LogP contribution in [0.1, 0.15) is 12.7 Å². The van der Waals surface area contributed by atoms with Crippen molar-refractivity contribution < 1.29 is 9.53 Å². The van der Waals surface area contributed by atoms with Crippen LogP contribution in [0, 0.1) is 0 Å². The van der Waals surface area contributed by atoms with E-state index in [1.807, 2.05) is 28.8 Å². The predicted octanol–water partition coefficient (Wildman–Crippen LogP) is 2.51. The van der Waals surface area contributed by atoms with Crippen LogP contribution in [0.3, 0.4) is 0 Å². The minimum absolute atomic E-state index is 0.182. The van der Waals surface area contributed by atoms with Gasteiger partial charge in [-0.15, -0.1) is 10.2 Å². The normalized spacial score (nSPS) is 12.1. The van der Waals surface area contributed by atoms with E-state index >= 15 is 0 Å². The first-order chi connectivity index (χ1) is 11.6. The Labute approximate surface area is 144 Å². The van der Waals surface area contributed by atoms with Gasteiger partial charge in [0.25, 0.3) is 5.91 Å². The molecule has 0 aliphatic carbocycles.